The molecule has 0 unspecified atom stereocenters. The molecule has 2 aromatic rings. The minimum atomic E-state index is -3.30. The summed E-state index contributed by atoms with van der Waals surface area (Å²) >= 11 is 1.20. The first-order chi connectivity index (χ1) is 10.9. The normalized spacial score (nSPS) is 11.0. The van der Waals surface area contributed by atoms with E-state index in [1.54, 1.807) is 18.4 Å². The van der Waals surface area contributed by atoms with Crippen molar-refractivity contribution in [1.82, 2.24) is 0 Å². The third-order valence-corrected chi connectivity index (χ3v) is 5.73. The van der Waals surface area contributed by atoms with Gasteiger partial charge in [-0.3, -0.25) is 4.79 Å². The van der Waals surface area contributed by atoms with Crippen LogP contribution in [0.4, 0.5) is 5.00 Å². The van der Waals surface area contributed by atoms with Gasteiger partial charge in [-0.2, -0.15) is 0 Å². The molecule has 0 spiro atoms. The highest BCUT2D eigenvalue weighted by Crippen LogP contribution is 2.24. The molecular formula is C15H15NO5S2. The van der Waals surface area contributed by atoms with Crippen molar-refractivity contribution >= 4 is 38.1 Å². The van der Waals surface area contributed by atoms with Gasteiger partial charge < -0.3 is 10.1 Å². The Labute approximate surface area is 138 Å². The van der Waals surface area contributed by atoms with Crippen molar-refractivity contribution in [3.63, 3.8) is 0 Å². The largest absolute Gasteiger partial charge is 0.465 e. The molecule has 1 aromatic heterocycles. The molecule has 0 aliphatic carbocycles. The summed E-state index contributed by atoms with van der Waals surface area (Å²) in [5.74, 6) is -0.972. The smallest absolute Gasteiger partial charge is 0.340 e. The van der Waals surface area contributed by atoms with Gasteiger partial charge in [0.1, 0.15) is 5.00 Å². The number of amides is 1. The number of hydrogen-bond acceptors (Lipinski definition) is 6. The molecule has 0 saturated heterocycles. The minimum Gasteiger partial charge on any atom is -0.465 e. The van der Waals surface area contributed by atoms with Gasteiger partial charge in [0, 0.05) is 5.56 Å². The van der Waals surface area contributed by atoms with E-state index >= 15 is 0 Å². The summed E-state index contributed by atoms with van der Waals surface area (Å²) < 4.78 is 28.1. The Morgan fingerprint density at radius 1 is 1.17 bits per heavy atom. The number of thiophene rings is 1. The van der Waals surface area contributed by atoms with Crippen molar-refractivity contribution in [2.24, 2.45) is 0 Å². The zero-order valence-electron chi connectivity index (χ0n) is 12.5. The van der Waals surface area contributed by atoms with Crippen molar-refractivity contribution in [2.45, 2.75) is 11.8 Å². The zero-order valence-corrected chi connectivity index (χ0v) is 14.2. The fourth-order valence-corrected chi connectivity index (χ4v) is 3.49. The number of ether oxygens (including phenoxy) is 1. The second-order valence-corrected chi connectivity index (χ2v) is 7.73. The predicted molar refractivity (Wildman–Crippen MR) is 87.8 cm³/mol. The molecule has 0 fully saturated rings. The first kappa shape index (κ1) is 17.2. The number of methoxy groups -OCH3 is 1. The molecule has 0 saturated carbocycles. The molecule has 1 amide bonds. The van der Waals surface area contributed by atoms with Crippen molar-refractivity contribution in [3.8, 4) is 0 Å². The molecule has 0 aliphatic rings. The van der Waals surface area contributed by atoms with Gasteiger partial charge in [0.25, 0.3) is 5.91 Å². The summed E-state index contributed by atoms with van der Waals surface area (Å²) in [6, 6.07) is 7.21. The van der Waals surface area contributed by atoms with Crippen LogP contribution in [0.5, 0.6) is 0 Å². The van der Waals surface area contributed by atoms with E-state index in [0.717, 1.165) is 0 Å². The van der Waals surface area contributed by atoms with E-state index < -0.39 is 21.7 Å². The Balaban J connectivity index is 2.19. The number of rotatable bonds is 5. The number of sulfone groups is 1. The highest BCUT2D eigenvalue weighted by atomic mass is 32.2. The maximum absolute atomic E-state index is 12.2. The average Bonchev–Trinajstić information content (AvgIpc) is 3.02. The number of hydrogen-bond donors (Lipinski definition) is 1. The highest BCUT2D eigenvalue weighted by Gasteiger charge is 2.17. The first-order valence-electron chi connectivity index (χ1n) is 6.69. The number of carbonyl (C=O) groups excluding carboxylic acids is 2. The van der Waals surface area contributed by atoms with Crippen LogP contribution in [0.25, 0.3) is 0 Å². The van der Waals surface area contributed by atoms with Gasteiger partial charge >= 0.3 is 5.97 Å². The quantitative estimate of drug-likeness (QED) is 0.835. The van der Waals surface area contributed by atoms with E-state index in [0.29, 0.717) is 10.6 Å². The van der Waals surface area contributed by atoms with Crippen LogP contribution in [0.15, 0.2) is 40.6 Å². The first-order valence-corrected chi connectivity index (χ1v) is 9.22. The number of nitrogens with one attached hydrogen (secondary N) is 1. The molecule has 2 rings (SSSR count). The second kappa shape index (κ2) is 6.93. The number of anilines is 1. The molecule has 0 aliphatic heterocycles. The number of esters is 1. The number of benzene rings is 1. The van der Waals surface area contributed by atoms with E-state index in [2.05, 4.69) is 10.1 Å². The van der Waals surface area contributed by atoms with Crippen LogP contribution < -0.4 is 5.32 Å². The lowest BCUT2D eigenvalue weighted by atomic mass is 10.2. The van der Waals surface area contributed by atoms with Crippen molar-refractivity contribution in [1.29, 1.82) is 0 Å². The fourth-order valence-electron chi connectivity index (χ4n) is 1.83. The monoisotopic (exact) mass is 353 g/mol. The molecule has 122 valence electrons. The average molecular weight is 353 g/mol. The van der Waals surface area contributed by atoms with Gasteiger partial charge in [-0.05, 0) is 35.7 Å². The van der Waals surface area contributed by atoms with Gasteiger partial charge in [-0.1, -0.05) is 6.92 Å². The molecule has 1 heterocycles. The topological polar surface area (TPSA) is 89.5 Å². The maximum Gasteiger partial charge on any atom is 0.340 e. The van der Waals surface area contributed by atoms with Crippen LogP contribution in [0, 0.1) is 0 Å². The van der Waals surface area contributed by atoms with Gasteiger partial charge in [-0.25, -0.2) is 13.2 Å². The molecular weight excluding hydrogens is 338 g/mol. The number of carbonyl (C=O) groups is 2. The Kier molecular flexibility index (Phi) is 5.17. The van der Waals surface area contributed by atoms with Crippen molar-refractivity contribution < 1.29 is 22.7 Å². The van der Waals surface area contributed by atoms with Crippen molar-refractivity contribution in [2.75, 3.05) is 18.2 Å². The Bertz CT molecular complexity index is 822. The van der Waals surface area contributed by atoms with Crippen LogP contribution in [-0.4, -0.2) is 33.2 Å². The summed E-state index contributed by atoms with van der Waals surface area (Å²) in [4.78, 5) is 23.9. The van der Waals surface area contributed by atoms with Gasteiger partial charge in [0.05, 0.1) is 23.3 Å². The molecule has 23 heavy (non-hydrogen) atoms. The van der Waals surface area contributed by atoms with E-state index in [-0.39, 0.29) is 16.2 Å². The van der Waals surface area contributed by atoms with E-state index in [1.807, 2.05) is 0 Å². The van der Waals surface area contributed by atoms with Gasteiger partial charge in [0.15, 0.2) is 9.84 Å². The van der Waals surface area contributed by atoms with E-state index in [1.165, 1.54) is 42.7 Å². The molecule has 6 nitrogen and oxygen atoms in total. The second-order valence-electron chi connectivity index (χ2n) is 4.54. The van der Waals surface area contributed by atoms with Crippen LogP contribution in [0.2, 0.25) is 0 Å². The van der Waals surface area contributed by atoms with Crippen LogP contribution in [-0.2, 0) is 14.6 Å². The highest BCUT2D eigenvalue weighted by molar-refractivity contribution is 7.91. The van der Waals surface area contributed by atoms with Crippen LogP contribution >= 0.6 is 11.3 Å². The summed E-state index contributed by atoms with van der Waals surface area (Å²) in [6.45, 7) is 1.56. The SMILES string of the molecule is CCS(=O)(=O)c1ccc(C(=O)Nc2sccc2C(=O)OC)cc1. The fraction of sp³-hybridized carbons (Fsp3) is 0.200. The van der Waals surface area contributed by atoms with E-state index in [4.69, 9.17) is 0 Å². The third kappa shape index (κ3) is 3.77. The van der Waals surface area contributed by atoms with Crippen LogP contribution in [0.3, 0.4) is 0 Å². The van der Waals surface area contributed by atoms with E-state index in [9.17, 15) is 18.0 Å². The molecule has 0 radical (unpaired) electrons. The standard InChI is InChI=1S/C15H15NO5S2/c1-3-23(19,20)11-6-4-10(5-7-11)13(17)16-14-12(8-9-22-14)15(18)21-2/h4-9H,3H2,1-2H3,(H,16,17). The Morgan fingerprint density at radius 3 is 2.39 bits per heavy atom. The maximum atomic E-state index is 12.2. The molecule has 1 aromatic carbocycles. The summed E-state index contributed by atoms with van der Waals surface area (Å²) in [6.07, 6.45) is 0. The summed E-state index contributed by atoms with van der Waals surface area (Å²) in [5.41, 5.74) is 0.570. The zero-order chi connectivity index (χ0) is 17.0. The molecule has 0 bridgehead atoms. The lowest BCUT2D eigenvalue weighted by molar-refractivity contribution is 0.0602. The minimum absolute atomic E-state index is 0.00374. The third-order valence-electron chi connectivity index (χ3n) is 3.15. The Morgan fingerprint density at radius 2 is 1.83 bits per heavy atom. The Hall–Kier alpha value is -2.19. The molecule has 1 N–H and O–H groups in total. The molecule has 0 atom stereocenters. The van der Waals surface area contributed by atoms with Gasteiger partial charge in [-0.15, -0.1) is 11.3 Å². The predicted octanol–water partition coefficient (Wildman–Crippen LogP) is 2.58. The lowest BCUT2D eigenvalue weighted by Crippen LogP contribution is -2.14. The summed E-state index contributed by atoms with van der Waals surface area (Å²) in [7, 11) is -2.04. The van der Waals surface area contributed by atoms with Crippen molar-refractivity contribution in [3.05, 3.63) is 46.8 Å². The summed E-state index contributed by atoms with van der Waals surface area (Å²) in [5, 5.41) is 4.67. The van der Waals surface area contributed by atoms with Crippen LogP contribution in [0.1, 0.15) is 27.6 Å². The lowest BCUT2D eigenvalue weighted by Gasteiger charge is -2.06. The molecule has 8 heteroatoms. The van der Waals surface area contributed by atoms with Gasteiger partial charge in [0.2, 0.25) is 0 Å².